The van der Waals surface area contributed by atoms with Crippen molar-refractivity contribution >= 4 is 5.69 Å². The van der Waals surface area contributed by atoms with E-state index in [9.17, 15) is 9.50 Å². The van der Waals surface area contributed by atoms with Gasteiger partial charge in [0.1, 0.15) is 5.82 Å². The quantitative estimate of drug-likeness (QED) is 0.933. The van der Waals surface area contributed by atoms with Crippen molar-refractivity contribution in [1.82, 2.24) is 0 Å². The number of hydrogen-bond acceptors (Lipinski definition) is 2. The highest BCUT2D eigenvalue weighted by Gasteiger charge is 2.16. The number of aliphatic hydroxyl groups excluding tert-OH is 1. The Kier molecular flexibility index (Phi) is 3.93. The molecule has 1 unspecified atom stereocenters. The summed E-state index contributed by atoms with van der Waals surface area (Å²) in [4.78, 5) is 2.25. The molecule has 1 aliphatic heterocycles. The van der Waals surface area contributed by atoms with Gasteiger partial charge in [-0.1, -0.05) is 24.3 Å². The fourth-order valence-electron chi connectivity index (χ4n) is 3.02. The molecule has 110 valence electrons. The zero-order valence-corrected chi connectivity index (χ0v) is 12.2. The first kappa shape index (κ1) is 14.1. The predicted molar refractivity (Wildman–Crippen MR) is 83.1 cm³/mol. The van der Waals surface area contributed by atoms with Crippen molar-refractivity contribution in [2.24, 2.45) is 0 Å². The van der Waals surface area contributed by atoms with Gasteiger partial charge in [-0.25, -0.2) is 4.39 Å². The highest BCUT2D eigenvalue weighted by Crippen LogP contribution is 2.29. The Morgan fingerprint density at radius 3 is 2.90 bits per heavy atom. The van der Waals surface area contributed by atoms with E-state index in [2.05, 4.69) is 24.1 Å². The van der Waals surface area contributed by atoms with Crippen molar-refractivity contribution in [2.75, 3.05) is 18.5 Å². The first-order valence-electron chi connectivity index (χ1n) is 7.40. The lowest BCUT2D eigenvalue weighted by Crippen LogP contribution is -2.24. The Hall–Kier alpha value is -1.87. The fraction of sp³-hybridized carbons (Fsp3) is 0.333. The lowest BCUT2D eigenvalue weighted by molar-refractivity contribution is 0.178. The molecule has 0 fully saturated rings. The van der Waals surface area contributed by atoms with Gasteiger partial charge in [0, 0.05) is 25.7 Å². The normalized spacial score (nSPS) is 15.7. The van der Waals surface area contributed by atoms with Crippen LogP contribution < -0.4 is 4.90 Å². The molecule has 2 nitrogen and oxygen atoms in total. The standard InChI is InChI=1S/C18H20FNO/c1-20-9-3-5-14-12-15(7-8-17(14)20)18(21)11-13-4-2-6-16(19)10-13/h2,4,6-8,10,12,18,21H,3,5,9,11H2,1H3. The third-order valence-electron chi connectivity index (χ3n) is 4.16. The molecule has 1 heterocycles. The lowest BCUT2D eigenvalue weighted by atomic mass is 9.95. The number of nitrogens with zero attached hydrogens (tertiary/aromatic N) is 1. The summed E-state index contributed by atoms with van der Waals surface area (Å²) in [6.45, 7) is 1.08. The number of anilines is 1. The molecule has 0 aromatic heterocycles. The molecule has 0 amide bonds. The van der Waals surface area contributed by atoms with Crippen molar-refractivity contribution in [3.05, 3.63) is 65.0 Å². The monoisotopic (exact) mass is 285 g/mol. The molecule has 2 aromatic carbocycles. The van der Waals surface area contributed by atoms with Crippen LogP contribution in [-0.2, 0) is 12.8 Å². The maximum atomic E-state index is 13.2. The fourth-order valence-corrected chi connectivity index (χ4v) is 3.02. The minimum absolute atomic E-state index is 0.258. The maximum Gasteiger partial charge on any atom is 0.123 e. The summed E-state index contributed by atoms with van der Waals surface area (Å²) in [6, 6.07) is 12.6. The molecule has 0 saturated carbocycles. The number of benzene rings is 2. The van der Waals surface area contributed by atoms with Crippen LogP contribution in [0.4, 0.5) is 10.1 Å². The van der Waals surface area contributed by atoms with Gasteiger partial charge in [0.05, 0.1) is 6.10 Å². The second-order valence-corrected chi connectivity index (χ2v) is 5.76. The number of fused-ring (bicyclic) bond motifs is 1. The molecule has 21 heavy (non-hydrogen) atoms. The molecule has 3 rings (SSSR count). The number of halogens is 1. The minimum atomic E-state index is -0.593. The number of aryl methyl sites for hydroxylation is 1. The molecular weight excluding hydrogens is 265 g/mol. The van der Waals surface area contributed by atoms with Gasteiger partial charge < -0.3 is 10.0 Å². The van der Waals surface area contributed by atoms with E-state index in [-0.39, 0.29) is 5.82 Å². The molecule has 0 spiro atoms. The van der Waals surface area contributed by atoms with Crippen LogP contribution in [0.1, 0.15) is 29.2 Å². The lowest BCUT2D eigenvalue weighted by Gasteiger charge is -2.28. The Bertz CT molecular complexity index is 641. The van der Waals surface area contributed by atoms with Crippen LogP contribution in [0.3, 0.4) is 0 Å². The van der Waals surface area contributed by atoms with Gasteiger partial charge in [0.15, 0.2) is 0 Å². The van der Waals surface area contributed by atoms with Crippen LogP contribution in [0.15, 0.2) is 42.5 Å². The molecular formula is C18H20FNO. The van der Waals surface area contributed by atoms with Crippen molar-refractivity contribution in [2.45, 2.75) is 25.4 Å². The molecule has 0 aliphatic carbocycles. The predicted octanol–water partition coefficient (Wildman–Crippen LogP) is 3.48. The van der Waals surface area contributed by atoms with E-state index in [1.54, 1.807) is 6.07 Å². The number of aliphatic hydroxyl groups is 1. The van der Waals surface area contributed by atoms with Crippen LogP contribution in [0.25, 0.3) is 0 Å². The molecule has 0 saturated heterocycles. The van der Waals surface area contributed by atoms with Crippen LogP contribution in [0.2, 0.25) is 0 Å². The second-order valence-electron chi connectivity index (χ2n) is 5.76. The zero-order valence-electron chi connectivity index (χ0n) is 12.2. The maximum absolute atomic E-state index is 13.2. The van der Waals surface area contributed by atoms with Gasteiger partial charge in [-0.2, -0.15) is 0 Å². The third kappa shape index (κ3) is 3.08. The molecule has 0 bridgehead atoms. The van der Waals surface area contributed by atoms with Crippen LogP contribution in [-0.4, -0.2) is 18.7 Å². The van der Waals surface area contributed by atoms with Gasteiger partial charge >= 0.3 is 0 Å². The average molecular weight is 285 g/mol. The summed E-state index contributed by atoms with van der Waals surface area (Å²) < 4.78 is 13.2. The van der Waals surface area contributed by atoms with E-state index in [1.807, 2.05) is 12.1 Å². The van der Waals surface area contributed by atoms with E-state index in [0.717, 1.165) is 30.5 Å². The van der Waals surface area contributed by atoms with E-state index in [1.165, 1.54) is 23.4 Å². The van der Waals surface area contributed by atoms with Crippen molar-refractivity contribution < 1.29 is 9.50 Å². The average Bonchev–Trinajstić information content (AvgIpc) is 2.47. The smallest absolute Gasteiger partial charge is 0.123 e. The van der Waals surface area contributed by atoms with Gasteiger partial charge in [-0.05, 0) is 47.7 Å². The third-order valence-corrected chi connectivity index (χ3v) is 4.16. The van der Waals surface area contributed by atoms with Gasteiger partial charge in [-0.15, -0.1) is 0 Å². The first-order valence-corrected chi connectivity index (χ1v) is 7.40. The summed E-state index contributed by atoms with van der Waals surface area (Å²) in [5.41, 5.74) is 4.27. The van der Waals surface area contributed by atoms with Gasteiger partial charge in [0.25, 0.3) is 0 Å². The van der Waals surface area contributed by atoms with E-state index in [0.29, 0.717) is 6.42 Å². The van der Waals surface area contributed by atoms with Crippen molar-refractivity contribution in [1.29, 1.82) is 0 Å². The highest BCUT2D eigenvalue weighted by molar-refractivity contribution is 5.56. The Morgan fingerprint density at radius 1 is 1.24 bits per heavy atom. The van der Waals surface area contributed by atoms with E-state index >= 15 is 0 Å². The molecule has 1 aliphatic rings. The molecule has 1 atom stereocenters. The Labute approximate surface area is 124 Å². The van der Waals surface area contributed by atoms with Crippen molar-refractivity contribution in [3.8, 4) is 0 Å². The second kappa shape index (κ2) is 5.86. The summed E-state index contributed by atoms with van der Waals surface area (Å²) in [7, 11) is 2.10. The van der Waals surface area contributed by atoms with Crippen LogP contribution in [0, 0.1) is 5.82 Å². The summed E-state index contributed by atoms with van der Waals surface area (Å²) in [6.07, 6.45) is 2.05. The Balaban J connectivity index is 1.80. The molecule has 2 aromatic rings. The summed E-state index contributed by atoms with van der Waals surface area (Å²) >= 11 is 0. The van der Waals surface area contributed by atoms with Crippen LogP contribution in [0.5, 0.6) is 0 Å². The largest absolute Gasteiger partial charge is 0.388 e. The van der Waals surface area contributed by atoms with Crippen LogP contribution >= 0.6 is 0 Å². The molecule has 1 N–H and O–H groups in total. The topological polar surface area (TPSA) is 23.5 Å². The Morgan fingerprint density at radius 2 is 2.10 bits per heavy atom. The zero-order chi connectivity index (χ0) is 14.8. The van der Waals surface area contributed by atoms with E-state index < -0.39 is 6.10 Å². The number of hydrogen-bond donors (Lipinski definition) is 1. The summed E-state index contributed by atoms with van der Waals surface area (Å²) in [5.74, 6) is -0.258. The SMILES string of the molecule is CN1CCCc2cc(C(O)Cc3cccc(F)c3)ccc21. The minimum Gasteiger partial charge on any atom is -0.388 e. The first-order chi connectivity index (χ1) is 10.1. The molecule has 0 radical (unpaired) electrons. The molecule has 3 heteroatoms. The number of rotatable bonds is 3. The van der Waals surface area contributed by atoms with Crippen molar-refractivity contribution in [3.63, 3.8) is 0 Å². The van der Waals surface area contributed by atoms with E-state index in [4.69, 9.17) is 0 Å². The summed E-state index contributed by atoms with van der Waals surface area (Å²) in [5, 5.41) is 10.4. The van der Waals surface area contributed by atoms with Gasteiger partial charge in [-0.3, -0.25) is 0 Å². The van der Waals surface area contributed by atoms with Gasteiger partial charge in [0.2, 0.25) is 0 Å². The highest BCUT2D eigenvalue weighted by atomic mass is 19.1.